The highest BCUT2D eigenvalue weighted by atomic mass is 16.7. The lowest BCUT2D eigenvalue weighted by Crippen LogP contribution is -2.32. The molecule has 156 valence electrons. The van der Waals surface area contributed by atoms with Crippen molar-refractivity contribution < 1.29 is 23.7 Å². The van der Waals surface area contributed by atoms with E-state index in [0.717, 1.165) is 42.6 Å². The standard InChI is InChI=1S/C21H27N3O5/c1-26-17(25)9-5-7-13-6-4-8-14-19-15(29-21(13)14)12-16(20(19)23-24-22)28-18-10-2-3-11-27-18/h4,6,8,15-16,18-20H,2-3,5,7,9-12H2,1H3. The van der Waals surface area contributed by atoms with E-state index in [0.29, 0.717) is 25.9 Å². The fourth-order valence-electron chi connectivity index (χ4n) is 4.71. The highest BCUT2D eigenvalue weighted by Gasteiger charge is 2.51. The number of hydrogen-bond acceptors (Lipinski definition) is 6. The van der Waals surface area contributed by atoms with Crippen molar-refractivity contribution in [3.05, 3.63) is 39.8 Å². The van der Waals surface area contributed by atoms with Crippen molar-refractivity contribution in [3.63, 3.8) is 0 Å². The Labute approximate surface area is 170 Å². The minimum absolute atomic E-state index is 0.0185. The van der Waals surface area contributed by atoms with E-state index in [1.165, 1.54) is 7.11 Å². The van der Waals surface area contributed by atoms with Crippen molar-refractivity contribution in [2.75, 3.05) is 13.7 Å². The van der Waals surface area contributed by atoms with Gasteiger partial charge >= 0.3 is 5.97 Å². The van der Waals surface area contributed by atoms with Gasteiger partial charge in [-0.3, -0.25) is 4.79 Å². The molecule has 0 spiro atoms. The number of fused-ring (bicyclic) bond motifs is 3. The molecule has 2 aliphatic heterocycles. The first kappa shape index (κ1) is 20.0. The molecule has 4 rings (SSSR count). The largest absolute Gasteiger partial charge is 0.489 e. The Bertz CT molecular complexity index is 789. The third kappa shape index (κ3) is 4.20. The van der Waals surface area contributed by atoms with Gasteiger partial charge < -0.3 is 18.9 Å². The van der Waals surface area contributed by atoms with Gasteiger partial charge in [0.25, 0.3) is 0 Å². The molecule has 0 amide bonds. The Morgan fingerprint density at radius 2 is 2.28 bits per heavy atom. The molecule has 5 atom stereocenters. The van der Waals surface area contributed by atoms with E-state index in [4.69, 9.17) is 24.5 Å². The predicted octanol–water partition coefficient (Wildman–Crippen LogP) is 4.02. The maximum absolute atomic E-state index is 11.4. The minimum Gasteiger partial charge on any atom is -0.489 e. The molecule has 1 aromatic carbocycles. The molecule has 1 aliphatic carbocycles. The summed E-state index contributed by atoms with van der Waals surface area (Å²) in [6.07, 6.45) is 5.00. The topological polar surface area (TPSA) is 103 Å². The van der Waals surface area contributed by atoms with E-state index in [2.05, 4.69) is 10.0 Å². The first-order valence-corrected chi connectivity index (χ1v) is 10.4. The number of nitrogens with zero attached hydrogens (tertiary/aromatic N) is 3. The van der Waals surface area contributed by atoms with Gasteiger partial charge in [0, 0.05) is 35.8 Å². The minimum atomic E-state index is -0.318. The molecule has 1 saturated carbocycles. The fraction of sp³-hybridized carbons (Fsp3) is 0.667. The second-order valence-electron chi connectivity index (χ2n) is 7.85. The molecular formula is C21H27N3O5. The quantitative estimate of drug-likeness (QED) is 0.297. The summed E-state index contributed by atoms with van der Waals surface area (Å²) in [5.74, 6) is 0.650. The van der Waals surface area contributed by atoms with Crippen LogP contribution in [-0.4, -0.2) is 44.2 Å². The summed E-state index contributed by atoms with van der Waals surface area (Å²) in [6, 6.07) is 5.76. The SMILES string of the molecule is COC(=O)CCCc1cccc2c1OC1CC(OC3CCCCO3)C(N=[N+]=[N-])C21. The number of carbonyl (C=O) groups excluding carboxylic acids is 1. The number of hydrogen-bond donors (Lipinski definition) is 0. The van der Waals surface area contributed by atoms with Gasteiger partial charge in [-0.1, -0.05) is 23.3 Å². The van der Waals surface area contributed by atoms with Gasteiger partial charge in [0.1, 0.15) is 11.9 Å². The van der Waals surface area contributed by atoms with Crippen LogP contribution >= 0.6 is 0 Å². The summed E-state index contributed by atoms with van der Waals surface area (Å²) in [5.41, 5.74) is 11.3. The second kappa shape index (κ2) is 9.03. The molecule has 1 saturated heterocycles. The number of carbonyl (C=O) groups is 1. The van der Waals surface area contributed by atoms with Gasteiger partial charge in [-0.25, -0.2) is 0 Å². The molecule has 29 heavy (non-hydrogen) atoms. The Hall–Kier alpha value is -2.28. The zero-order chi connectivity index (χ0) is 20.2. The van der Waals surface area contributed by atoms with E-state index < -0.39 is 0 Å². The Kier molecular flexibility index (Phi) is 6.23. The average Bonchev–Trinajstić information content (AvgIpc) is 3.26. The Balaban J connectivity index is 1.49. The van der Waals surface area contributed by atoms with E-state index in [1.54, 1.807) is 0 Å². The molecule has 0 bridgehead atoms. The maximum Gasteiger partial charge on any atom is 0.305 e. The van der Waals surface area contributed by atoms with E-state index in [9.17, 15) is 4.79 Å². The highest BCUT2D eigenvalue weighted by molar-refractivity contribution is 5.69. The van der Waals surface area contributed by atoms with Gasteiger partial charge in [-0.15, -0.1) is 0 Å². The molecule has 0 radical (unpaired) electrons. The van der Waals surface area contributed by atoms with Gasteiger partial charge in [-0.2, -0.15) is 0 Å². The molecule has 1 aromatic rings. The molecule has 2 heterocycles. The molecule has 0 N–H and O–H groups in total. The van der Waals surface area contributed by atoms with Gasteiger partial charge in [0.2, 0.25) is 0 Å². The van der Waals surface area contributed by atoms with E-state index in [1.807, 2.05) is 18.2 Å². The summed E-state index contributed by atoms with van der Waals surface area (Å²) in [7, 11) is 1.40. The lowest BCUT2D eigenvalue weighted by Gasteiger charge is -2.28. The first-order chi connectivity index (χ1) is 14.2. The van der Waals surface area contributed by atoms with Crippen molar-refractivity contribution >= 4 is 5.97 Å². The molecule has 8 nitrogen and oxygen atoms in total. The lowest BCUT2D eigenvalue weighted by atomic mass is 9.92. The van der Waals surface area contributed by atoms with Gasteiger partial charge in [0.15, 0.2) is 6.29 Å². The summed E-state index contributed by atoms with van der Waals surface area (Å²) < 4.78 is 22.9. The molecule has 5 unspecified atom stereocenters. The molecular weight excluding hydrogens is 374 g/mol. The summed E-state index contributed by atoms with van der Waals surface area (Å²) in [5, 5.41) is 4.10. The van der Waals surface area contributed by atoms with Gasteiger partial charge in [0.05, 0.1) is 19.3 Å². The van der Waals surface area contributed by atoms with Crippen LogP contribution < -0.4 is 4.74 Å². The zero-order valence-corrected chi connectivity index (χ0v) is 16.7. The van der Waals surface area contributed by atoms with Crippen LogP contribution in [0, 0.1) is 0 Å². The third-order valence-electron chi connectivity index (χ3n) is 6.07. The number of azide groups is 1. The van der Waals surface area contributed by atoms with Crippen LogP contribution in [0.1, 0.15) is 55.6 Å². The molecule has 2 fully saturated rings. The third-order valence-corrected chi connectivity index (χ3v) is 6.07. The van der Waals surface area contributed by atoms with E-state index >= 15 is 0 Å². The van der Waals surface area contributed by atoms with Crippen LogP contribution in [0.15, 0.2) is 23.3 Å². The molecule has 8 heteroatoms. The number of benzene rings is 1. The number of aryl methyl sites for hydroxylation is 1. The van der Waals surface area contributed by atoms with Crippen molar-refractivity contribution in [2.24, 2.45) is 5.11 Å². The summed E-state index contributed by atoms with van der Waals surface area (Å²) in [6.45, 7) is 0.713. The normalized spacial score (nSPS) is 30.0. The molecule has 0 aromatic heterocycles. The van der Waals surface area contributed by atoms with Crippen molar-refractivity contribution in [1.29, 1.82) is 0 Å². The smallest absolute Gasteiger partial charge is 0.305 e. The highest BCUT2D eigenvalue weighted by Crippen LogP contribution is 2.51. The van der Waals surface area contributed by atoms with Crippen molar-refractivity contribution in [1.82, 2.24) is 0 Å². The number of esters is 1. The number of rotatable bonds is 7. The fourth-order valence-corrected chi connectivity index (χ4v) is 4.71. The zero-order valence-electron chi connectivity index (χ0n) is 16.7. The van der Waals surface area contributed by atoms with Gasteiger partial charge in [-0.05, 0) is 43.2 Å². The van der Waals surface area contributed by atoms with Crippen LogP contribution in [0.25, 0.3) is 10.4 Å². The Morgan fingerprint density at radius 3 is 3.03 bits per heavy atom. The average molecular weight is 401 g/mol. The first-order valence-electron chi connectivity index (χ1n) is 10.4. The number of para-hydroxylation sites is 1. The van der Waals surface area contributed by atoms with Crippen LogP contribution in [0.5, 0.6) is 5.75 Å². The van der Waals surface area contributed by atoms with Crippen LogP contribution in [0.2, 0.25) is 0 Å². The van der Waals surface area contributed by atoms with Crippen molar-refractivity contribution in [3.8, 4) is 5.75 Å². The maximum atomic E-state index is 11.4. The van der Waals surface area contributed by atoms with Crippen LogP contribution in [0.4, 0.5) is 0 Å². The lowest BCUT2D eigenvalue weighted by molar-refractivity contribution is -0.189. The summed E-state index contributed by atoms with van der Waals surface area (Å²) >= 11 is 0. The monoisotopic (exact) mass is 401 g/mol. The Morgan fingerprint density at radius 1 is 1.38 bits per heavy atom. The van der Waals surface area contributed by atoms with Crippen LogP contribution in [0.3, 0.4) is 0 Å². The summed E-state index contributed by atoms with van der Waals surface area (Å²) in [4.78, 5) is 14.5. The number of ether oxygens (including phenoxy) is 4. The number of methoxy groups -OCH3 is 1. The van der Waals surface area contributed by atoms with E-state index in [-0.39, 0.29) is 36.4 Å². The van der Waals surface area contributed by atoms with Crippen molar-refractivity contribution in [2.45, 2.75) is 75.4 Å². The second-order valence-corrected chi connectivity index (χ2v) is 7.85. The van der Waals surface area contributed by atoms with Crippen LogP contribution in [-0.2, 0) is 25.4 Å². The predicted molar refractivity (Wildman–Crippen MR) is 105 cm³/mol. The molecule has 3 aliphatic rings.